The van der Waals surface area contributed by atoms with Gasteiger partial charge in [-0.05, 0) is 46.1 Å². The molecule has 0 bridgehead atoms. The van der Waals surface area contributed by atoms with Gasteiger partial charge >= 0.3 is 12.1 Å². The average molecular weight is 384 g/mol. The van der Waals surface area contributed by atoms with Crippen LogP contribution in [0.4, 0.5) is 4.79 Å². The van der Waals surface area contributed by atoms with Gasteiger partial charge in [-0.3, -0.25) is 4.90 Å². The van der Waals surface area contributed by atoms with Crippen molar-refractivity contribution >= 4 is 39.8 Å². The van der Waals surface area contributed by atoms with E-state index in [1.54, 1.807) is 39.5 Å². The highest BCUT2D eigenvalue weighted by Gasteiger charge is 2.33. The number of esters is 1. The second-order valence-corrected chi connectivity index (χ2v) is 7.19. The molecule has 0 aliphatic carbocycles. The topological polar surface area (TPSA) is 55.8 Å². The van der Waals surface area contributed by atoms with Crippen molar-refractivity contribution in [3.63, 3.8) is 0 Å². The van der Waals surface area contributed by atoms with Gasteiger partial charge in [0.25, 0.3) is 0 Å². The number of hydrogen-bond acceptors (Lipinski definition) is 5. The third-order valence-electron chi connectivity index (χ3n) is 2.48. The number of carbonyl (C=O) groups excluding carboxylic acids is 2. The van der Waals surface area contributed by atoms with Crippen LogP contribution in [-0.4, -0.2) is 59.1 Å². The van der Waals surface area contributed by atoms with Crippen molar-refractivity contribution in [1.29, 1.82) is 0 Å². The summed E-state index contributed by atoms with van der Waals surface area (Å²) in [7, 11) is 0. The SMILES string of the molecule is CCOC(=O)[C@H](CCSC)N(CCBr)C(=O)OC(C)(C)C. The molecule has 1 amide bonds. The van der Waals surface area contributed by atoms with Crippen molar-refractivity contribution in [2.24, 2.45) is 0 Å². The zero-order chi connectivity index (χ0) is 16.5. The molecular weight excluding hydrogens is 358 g/mol. The van der Waals surface area contributed by atoms with E-state index in [0.717, 1.165) is 5.75 Å². The van der Waals surface area contributed by atoms with Gasteiger partial charge in [-0.15, -0.1) is 0 Å². The third kappa shape index (κ3) is 8.56. The maximum Gasteiger partial charge on any atom is 0.411 e. The van der Waals surface area contributed by atoms with Gasteiger partial charge in [-0.2, -0.15) is 11.8 Å². The maximum absolute atomic E-state index is 12.3. The lowest BCUT2D eigenvalue weighted by atomic mass is 10.2. The van der Waals surface area contributed by atoms with Crippen LogP contribution in [0.1, 0.15) is 34.1 Å². The smallest absolute Gasteiger partial charge is 0.411 e. The number of alkyl halides is 1. The summed E-state index contributed by atoms with van der Waals surface area (Å²) in [6.07, 6.45) is 2.03. The van der Waals surface area contributed by atoms with Crippen molar-refractivity contribution in [2.75, 3.05) is 30.5 Å². The molecule has 0 fully saturated rings. The standard InChI is InChI=1S/C14H26BrNO4S/c1-6-19-12(17)11(7-10-21-5)16(9-8-15)13(18)20-14(2,3)4/h11H,6-10H2,1-5H3/t11-/m0/s1. The van der Waals surface area contributed by atoms with Gasteiger partial charge in [0.05, 0.1) is 6.61 Å². The minimum absolute atomic E-state index is 0.297. The molecule has 0 heterocycles. The molecule has 0 radical (unpaired) electrons. The van der Waals surface area contributed by atoms with E-state index in [9.17, 15) is 9.59 Å². The fourth-order valence-corrected chi connectivity index (χ4v) is 2.50. The summed E-state index contributed by atoms with van der Waals surface area (Å²) in [6, 6.07) is -0.607. The molecule has 0 aromatic rings. The van der Waals surface area contributed by atoms with Crippen molar-refractivity contribution in [3.8, 4) is 0 Å². The van der Waals surface area contributed by atoms with Gasteiger partial charge in [0.1, 0.15) is 11.6 Å². The predicted octanol–water partition coefficient (Wildman–Crippen LogP) is 3.30. The highest BCUT2D eigenvalue weighted by atomic mass is 79.9. The molecule has 0 rings (SSSR count). The second kappa shape index (κ2) is 10.3. The molecule has 21 heavy (non-hydrogen) atoms. The summed E-state index contributed by atoms with van der Waals surface area (Å²) in [5.74, 6) is 0.392. The van der Waals surface area contributed by atoms with Crippen LogP contribution in [0.15, 0.2) is 0 Å². The lowest BCUT2D eigenvalue weighted by Gasteiger charge is -2.31. The molecule has 0 unspecified atom stereocenters. The van der Waals surface area contributed by atoms with Gasteiger partial charge in [0, 0.05) is 11.9 Å². The first-order chi connectivity index (χ1) is 9.76. The van der Waals surface area contributed by atoms with Crippen LogP contribution in [-0.2, 0) is 14.3 Å². The molecule has 0 spiro atoms. The molecule has 1 atom stereocenters. The second-order valence-electron chi connectivity index (χ2n) is 5.41. The minimum atomic E-state index is -0.607. The summed E-state index contributed by atoms with van der Waals surface area (Å²) in [5.41, 5.74) is -0.597. The molecule has 0 saturated carbocycles. The quantitative estimate of drug-likeness (QED) is 0.475. The van der Waals surface area contributed by atoms with Crippen LogP contribution in [0.2, 0.25) is 0 Å². The Kier molecular flexibility index (Phi) is 10.1. The zero-order valence-corrected chi connectivity index (χ0v) is 15.9. The van der Waals surface area contributed by atoms with E-state index in [1.807, 2.05) is 6.26 Å². The molecular formula is C14H26BrNO4S. The lowest BCUT2D eigenvalue weighted by Crippen LogP contribution is -2.49. The molecule has 0 aliphatic heterocycles. The van der Waals surface area contributed by atoms with E-state index < -0.39 is 17.7 Å². The third-order valence-corrected chi connectivity index (χ3v) is 3.48. The Bertz CT molecular complexity index is 333. The van der Waals surface area contributed by atoms with Gasteiger partial charge in [-0.1, -0.05) is 15.9 Å². The Balaban J connectivity index is 5.10. The predicted molar refractivity (Wildman–Crippen MR) is 90.2 cm³/mol. The van der Waals surface area contributed by atoms with E-state index in [4.69, 9.17) is 9.47 Å². The van der Waals surface area contributed by atoms with Gasteiger partial charge in [0.2, 0.25) is 0 Å². The Morgan fingerprint density at radius 2 is 1.95 bits per heavy atom. The number of ether oxygens (including phenoxy) is 2. The monoisotopic (exact) mass is 383 g/mol. The first-order valence-corrected chi connectivity index (χ1v) is 9.49. The largest absolute Gasteiger partial charge is 0.464 e. The number of rotatable bonds is 8. The van der Waals surface area contributed by atoms with E-state index in [1.165, 1.54) is 4.90 Å². The molecule has 0 aromatic heterocycles. The van der Waals surface area contributed by atoms with Crippen LogP contribution in [0.5, 0.6) is 0 Å². The van der Waals surface area contributed by atoms with Crippen LogP contribution < -0.4 is 0 Å². The maximum atomic E-state index is 12.3. The summed E-state index contributed by atoms with van der Waals surface area (Å²) in [4.78, 5) is 25.9. The number of hydrogen-bond donors (Lipinski definition) is 0. The summed E-state index contributed by atoms with van der Waals surface area (Å²) in [6.45, 7) is 7.86. The van der Waals surface area contributed by atoms with Crippen LogP contribution >= 0.6 is 27.7 Å². The highest BCUT2D eigenvalue weighted by molar-refractivity contribution is 9.09. The Morgan fingerprint density at radius 3 is 2.38 bits per heavy atom. The molecule has 7 heteroatoms. The van der Waals surface area contributed by atoms with Gasteiger partial charge < -0.3 is 9.47 Å². The van der Waals surface area contributed by atoms with E-state index >= 15 is 0 Å². The van der Waals surface area contributed by atoms with Crippen molar-refractivity contribution in [3.05, 3.63) is 0 Å². The minimum Gasteiger partial charge on any atom is -0.464 e. The molecule has 5 nitrogen and oxygen atoms in total. The van der Waals surface area contributed by atoms with E-state index in [2.05, 4.69) is 15.9 Å². The molecule has 0 N–H and O–H groups in total. The van der Waals surface area contributed by atoms with Crippen molar-refractivity contribution in [1.82, 2.24) is 4.90 Å². The molecule has 0 aromatic carbocycles. The van der Waals surface area contributed by atoms with Crippen molar-refractivity contribution < 1.29 is 19.1 Å². The Labute approximate surface area is 140 Å². The van der Waals surface area contributed by atoms with Gasteiger partial charge in [-0.25, -0.2) is 9.59 Å². The summed E-state index contributed by atoms with van der Waals surface area (Å²) in [5, 5.41) is 0.571. The number of nitrogens with zero attached hydrogens (tertiary/aromatic N) is 1. The van der Waals surface area contributed by atoms with Crippen LogP contribution in [0.25, 0.3) is 0 Å². The number of halogens is 1. The van der Waals surface area contributed by atoms with Crippen molar-refractivity contribution in [2.45, 2.75) is 45.8 Å². The van der Waals surface area contributed by atoms with E-state index in [0.29, 0.717) is 24.9 Å². The normalized spacial score (nSPS) is 12.7. The number of thioether (sulfide) groups is 1. The highest BCUT2D eigenvalue weighted by Crippen LogP contribution is 2.16. The Morgan fingerprint density at radius 1 is 1.33 bits per heavy atom. The first-order valence-electron chi connectivity index (χ1n) is 6.98. The first kappa shape index (κ1) is 20.6. The number of amides is 1. The summed E-state index contributed by atoms with van der Waals surface area (Å²) < 4.78 is 10.5. The lowest BCUT2D eigenvalue weighted by molar-refractivity contribution is -0.149. The van der Waals surface area contributed by atoms with Crippen LogP contribution in [0.3, 0.4) is 0 Å². The van der Waals surface area contributed by atoms with Crippen LogP contribution in [0, 0.1) is 0 Å². The van der Waals surface area contributed by atoms with Gasteiger partial charge in [0.15, 0.2) is 0 Å². The molecule has 0 aliphatic rings. The average Bonchev–Trinajstić information content (AvgIpc) is 2.36. The fourth-order valence-electron chi connectivity index (χ4n) is 1.65. The fraction of sp³-hybridized carbons (Fsp3) is 0.857. The van der Waals surface area contributed by atoms with E-state index in [-0.39, 0.29) is 5.97 Å². The molecule has 0 saturated heterocycles. The Hall–Kier alpha value is -0.430. The summed E-state index contributed by atoms with van der Waals surface area (Å²) >= 11 is 4.94. The molecule has 124 valence electrons. The number of carbonyl (C=O) groups is 2. The zero-order valence-electron chi connectivity index (χ0n) is 13.5.